The number of halogens is 2. The number of benzene rings is 2. The average molecular weight is 348 g/mol. The lowest BCUT2D eigenvalue weighted by molar-refractivity contribution is -0.148. The number of nitrogens with zero attached hydrogens (tertiary/aromatic N) is 1. The molecule has 2 aromatic rings. The second kappa shape index (κ2) is 5.23. The predicted molar refractivity (Wildman–Crippen MR) is 90.8 cm³/mol. The first-order valence-electron chi connectivity index (χ1n) is 7.50. The number of carbonyl (C=O) groups is 1. The lowest BCUT2D eigenvalue weighted by Gasteiger charge is -2.58. The molecule has 0 radical (unpaired) electrons. The van der Waals surface area contributed by atoms with Crippen molar-refractivity contribution in [3.63, 3.8) is 0 Å². The number of ether oxygens (including phenoxy) is 1. The Kier molecular flexibility index (Phi) is 3.41. The van der Waals surface area contributed by atoms with Crippen molar-refractivity contribution in [1.82, 2.24) is 0 Å². The summed E-state index contributed by atoms with van der Waals surface area (Å²) >= 11 is 12.9. The second-order valence-electron chi connectivity index (χ2n) is 5.86. The van der Waals surface area contributed by atoms with Crippen molar-refractivity contribution in [2.45, 2.75) is 10.6 Å². The standard InChI is InChI=1S/C18H15Cl2NO2/c19-11-14-12-23-18(13-7-3-1-4-8-13)17(14,20)16(22)21(18)15-9-5-2-6-10-15/h1-10,14H,11-12H2/t14-,17-,18+/m1/s1. The average Bonchev–Trinajstić information content (AvgIpc) is 2.87. The normalized spacial score (nSPS) is 32.5. The Morgan fingerprint density at radius 1 is 1.09 bits per heavy atom. The van der Waals surface area contributed by atoms with Gasteiger partial charge in [0.05, 0.1) is 6.61 Å². The van der Waals surface area contributed by atoms with Gasteiger partial charge in [0.2, 0.25) is 5.72 Å². The Hall–Kier alpha value is -1.55. The Morgan fingerprint density at radius 3 is 2.30 bits per heavy atom. The van der Waals surface area contributed by atoms with E-state index in [2.05, 4.69) is 0 Å². The first kappa shape index (κ1) is 15.0. The fraction of sp³-hybridized carbons (Fsp3) is 0.278. The van der Waals surface area contributed by atoms with E-state index in [1.807, 2.05) is 60.7 Å². The molecule has 2 aliphatic heterocycles. The molecule has 0 aliphatic carbocycles. The SMILES string of the molecule is O=C1N(c2ccccc2)[C@@]2(c3ccccc3)OC[C@@H](CCl)[C@@]12Cl. The zero-order valence-corrected chi connectivity index (χ0v) is 13.8. The summed E-state index contributed by atoms with van der Waals surface area (Å²) in [6.45, 7) is 0.358. The highest BCUT2D eigenvalue weighted by Crippen LogP contribution is 2.63. The number of fused-ring (bicyclic) bond motifs is 1. The van der Waals surface area contributed by atoms with Crippen molar-refractivity contribution in [3.8, 4) is 0 Å². The highest BCUT2D eigenvalue weighted by molar-refractivity contribution is 6.43. The van der Waals surface area contributed by atoms with Crippen molar-refractivity contribution >= 4 is 34.8 Å². The molecule has 2 aromatic carbocycles. The molecule has 3 atom stereocenters. The van der Waals surface area contributed by atoms with E-state index >= 15 is 0 Å². The van der Waals surface area contributed by atoms with Gasteiger partial charge in [-0.25, -0.2) is 0 Å². The van der Waals surface area contributed by atoms with Gasteiger partial charge in [0.15, 0.2) is 4.87 Å². The minimum Gasteiger partial charge on any atom is -0.348 e. The first-order valence-corrected chi connectivity index (χ1v) is 8.41. The minimum absolute atomic E-state index is 0.155. The van der Waals surface area contributed by atoms with Gasteiger partial charge in [-0.15, -0.1) is 23.2 Å². The third kappa shape index (κ3) is 1.73. The van der Waals surface area contributed by atoms with Crippen LogP contribution in [0.2, 0.25) is 0 Å². The molecule has 118 valence electrons. The van der Waals surface area contributed by atoms with Gasteiger partial charge in [-0.05, 0) is 12.1 Å². The van der Waals surface area contributed by atoms with Crippen molar-refractivity contribution < 1.29 is 9.53 Å². The molecule has 3 nitrogen and oxygen atoms in total. The largest absolute Gasteiger partial charge is 0.348 e. The van der Waals surface area contributed by atoms with Crippen LogP contribution in [0, 0.1) is 5.92 Å². The Morgan fingerprint density at radius 2 is 1.70 bits per heavy atom. The molecule has 2 saturated heterocycles. The van der Waals surface area contributed by atoms with Crippen LogP contribution in [-0.2, 0) is 15.3 Å². The smallest absolute Gasteiger partial charge is 0.256 e. The fourth-order valence-electron chi connectivity index (χ4n) is 3.63. The van der Waals surface area contributed by atoms with Gasteiger partial charge < -0.3 is 4.74 Å². The zero-order valence-electron chi connectivity index (χ0n) is 12.3. The molecule has 0 bridgehead atoms. The van der Waals surface area contributed by atoms with Gasteiger partial charge in [-0.1, -0.05) is 48.5 Å². The molecule has 0 aromatic heterocycles. The summed E-state index contributed by atoms with van der Waals surface area (Å²) in [6, 6.07) is 19.1. The van der Waals surface area contributed by atoms with Crippen LogP contribution < -0.4 is 4.90 Å². The zero-order chi connectivity index (χ0) is 16.1. The Labute approximate surface area is 144 Å². The molecule has 0 spiro atoms. The van der Waals surface area contributed by atoms with Crippen molar-refractivity contribution in [3.05, 3.63) is 66.2 Å². The summed E-state index contributed by atoms with van der Waals surface area (Å²) in [7, 11) is 0. The van der Waals surface area contributed by atoms with Crippen LogP contribution in [0.5, 0.6) is 0 Å². The molecule has 2 fully saturated rings. The number of β-lactam (4-membered cyclic amide) rings is 1. The van der Waals surface area contributed by atoms with Gasteiger partial charge in [-0.2, -0.15) is 0 Å². The van der Waals surface area contributed by atoms with E-state index in [4.69, 9.17) is 27.9 Å². The maximum Gasteiger partial charge on any atom is 0.256 e. The molecular formula is C18H15Cl2NO2. The predicted octanol–water partition coefficient (Wildman–Crippen LogP) is 3.75. The van der Waals surface area contributed by atoms with Crippen LogP contribution >= 0.6 is 23.2 Å². The van der Waals surface area contributed by atoms with Crippen LogP contribution in [-0.4, -0.2) is 23.3 Å². The van der Waals surface area contributed by atoms with Gasteiger partial charge >= 0.3 is 0 Å². The quantitative estimate of drug-likeness (QED) is 0.625. The van der Waals surface area contributed by atoms with Gasteiger partial charge in [-0.3, -0.25) is 9.69 Å². The first-order chi connectivity index (χ1) is 11.2. The van der Waals surface area contributed by atoms with E-state index in [1.165, 1.54) is 0 Å². The number of carbonyl (C=O) groups excluding carboxylic acids is 1. The highest BCUT2D eigenvalue weighted by Gasteiger charge is 2.79. The number of para-hydroxylation sites is 1. The molecule has 0 saturated carbocycles. The topological polar surface area (TPSA) is 29.5 Å². The van der Waals surface area contributed by atoms with Gasteiger partial charge in [0.1, 0.15) is 0 Å². The lowest BCUT2D eigenvalue weighted by Crippen LogP contribution is -2.78. The summed E-state index contributed by atoms with van der Waals surface area (Å²) in [5.74, 6) is -0.0946. The fourth-order valence-corrected chi connectivity index (χ4v) is 4.50. The molecule has 2 aliphatic rings. The highest BCUT2D eigenvalue weighted by atomic mass is 35.5. The maximum atomic E-state index is 13.0. The summed E-state index contributed by atoms with van der Waals surface area (Å²) in [6.07, 6.45) is 0. The number of alkyl halides is 2. The van der Waals surface area contributed by atoms with Crippen molar-refractivity contribution in [2.75, 3.05) is 17.4 Å². The molecule has 2 heterocycles. The summed E-state index contributed by atoms with van der Waals surface area (Å²) < 4.78 is 6.16. The van der Waals surface area contributed by atoms with Gasteiger partial charge in [0, 0.05) is 23.0 Å². The summed E-state index contributed by atoms with van der Waals surface area (Å²) in [4.78, 5) is 13.5. The number of hydrogen-bond acceptors (Lipinski definition) is 2. The van der Waals surface area contributed by atoms with Gasteiger partial charge in [0.25, 0.3) is 5.91 Å². The summed E-state index contributed by atoms with van der Waals surface area (Å²) in [5.41, 5.74) is 0.632. The monoisotopic (exact) mass is 347 g/mol. The number of hydrogen-bond donors (Lipinski definition) is 0. The van der Waals surface area contributed by atoms with E-state index < -0.39 is 10.6 Å². The molecule has 23 heavy (non-hydrogen) atoms. The number of anilines is 1. The molecule has 0 unspecified atom stereocenters. The van der Waals surface area contributed by atoms with Crippen LogP contribution in [0.25, 0.3) is 0 Å². The molecule has 4 rings (SSSR count). The second-order valence-corrected chi connectivity index (χ2v) is 6.76. The Balaban J connectivity index is 1.91. The molecule has 5 heteroatoms. The van der Waals surface area contributed by atoms with Crippen LogP contribution in [0.1, 0.15) is 5.56 Å². The molecular weight excluding hydrogens is 333 g/mol. The number of rotatable bonds is 3. The molecule has 0 N–H and O–H groups in total. The van der Waals surface area contributed by atoms with Crippen LogP contribution in [0.15, 0.2) is 60.7 Å². The van der Waals surface area contributed by atoms with Crippen LogP contribution in [0.3, 0.4) is 0 Å². The summed E-state index contributed by atoms with van der Waals surface area (Å²) in [5, 5.41) is 0. The van der Waals surface area contributed by atoms with E-state index in [1.54, 1.807) is 4.90 Å². The van der Waals surface area contributed by atoms with E-state index in [0.29, 0.717) is 6.61 Å². The van der Waals surface area contributed by atoms with E-state index in [-0.39, 0.29) is 17.7 Å². The van der Waals surface area contributed by atoms with E-state index in [0.717, 1.165) is 11.3 Å². The third-order valence-electron chi connectivity index (χ3n) is 4.74. The van der Waals surface area contributed by atoms with Crippen molar-refractivity contribution in [1.29, 1.82) is 0 Å². The lowest BCUT2D eigenvalue weighted by atomic mass is 9.72. The number of amides is 1. The maximum absolute atomic E-state index is 13.0. The van der Waals surface area contributed by atoms with Crippen molar-refractivity contribution in [2.24, 2.45) is 5.92 Å². The minimum atomic E-state index is -1.16. The molecule has 1 amide bonds. The third-order valence-corrected chi connectivity index (χ3v) is 5.84. The van der Waals surface area contributed by atoms with Crippen LogP contribution in [0.4, 0.5) is 5.69 Å². The van der Waals surface area contributed by atoms with E-state index in [9.17, 15) is 4.79 Å². The Bertz CT molecular complexity index is 739.